The molecule has 1 aliphatic carbocycles. The number of nitrogens with one attached hydrogen (secondary N) is 1. The maximum absolute atomic E-state index is 4.24. The Balaban J connectivity index is 1.92. The van der Waals surface area contributed by atoms with Crippen molar-refractivity contribution in [1.29, 1.82) is 0 Å². The zero-order valence-corrected chi connectivity index (χ0v) is 10.6. The van der Waals surface area contributed by atoms with Crippen molar-refractivity contribution in [2.24, 2.45) is 18.9 Å². The van der Waals surface area contributed by atoms with Crippen molar-refractivity contribution in [2.45, 2.75) is 39.2 Å². The molecule has 1 N–H and O–H groups in total. The van der Waals surface area contributed by atoms with E-state index in [1.54, 1.807) is 0 Å². The van der Waals surface area contributed by atoms with Crippen LogP contribution in [0.4, 0.5) is 0 Å². The number of aromatic nitrogens is 2. The van der Waals surface area contributed by atoms with Gasteiger partial charge in [-0.05, 0) is 43.2 Å². The predicted molar refractivity (Wildman–Crippen MR) is 66.3 cm³/mol. The van der Waals surface area contributed by atoms with Gasteiger partial charge in [0.05, 0.1) is 6.20 Å². The van der Waals surface area contributed by atoms with Gasteiger partial charge in [0.2, 0.25) is 0 Å². The van der Waals surface area contributed by atoms with Crippen molar-refractivity contribution in [2.75, 3.05) is 6.54 Å². The van der Waals surface area contributed by atoms with Crippen molar-refractivity contribution < 1.29 is 0 Å². The molecule has 3 heteroatoms. The highest BCUT2D eigenvalue weighted by molar-refractivity contribution is 5.06. The van der Waals surface area contributed by atoms with E-state index >= 15 is 0 Å². The van der Waals surface area contributed by atoms with E-state index in [9.17, 15) is 0 Å². The third-order valence-corrected chi connectivity index (χ3v) is 3.95. The SMILES string of the molecule is CCNC1CCC(Cc2cnn(C)c2)C1C. The number of aryl methyl sites for hydroxylation is 1. The molecule has 1 aromatic heterocycles. The summed E-state index contributed by atoms with van der Waals surface area (Å²) in [6.45, 7) is 5.68. The molecule has 3 nitrogen and oxygen atoms in total. The first-order valence-electron chi connectivity index (χ1n) is 6.41. The van der Waals surface area contributed by atoms with Crippen molar-refractivity contribution in [3.63, 3.8) is 0 Å². The van der Waals surface area contributed by atoms with Gasteiger partial charge in [0.15, 0.2) is 0 Å². The van der Waals surface area contributed by atoms with Crippen LogP contribution in [0.1, 0.15) is 32.3 Å². The molecule has 1 fully saturated rings. The molecule has 16 heavy (non-hydrogen) atoms. The van der Waals surface area contributed by atoms with Crippen LogP contribution in [0.5, 0.6) is 0 Å². The van der Waals surface area contributed by atoms with Crippen molar-refractivity contribution in [3.05, 3.63) is 18.0 Å². The quantitative estimate of drug-likeness (QED) is 0.842. The van der Waals surface area contributed by atoms with Crippen molar-refractivity contribution in [1.82, 2.24) is 15.1 Å². The van der Waals surface area contributed by atoms with E-state index in [0.717, 1.165) is 24.4 Å². The second-order valence-corrected chi connectivity index (χ2v) is 5.09. The van der Waals surface area contributed by atoms with E-state index in [-0.39, 0.29) is 0 Å². The monoisotopic (exact) mass is 221 g/mol. The molecule has 3 atom stereocenters. The first kappa shape index (κ1) is 11.6. The molecular formula is C13H23N3. The second-order valence-electron chi connectivity index (χ2n) is 5.09. The summed E-state index contributed by atoms with van der Waals surface area (Å²) >= 11 is 0. The molecule has 2 rings (SSSR count). The molecule has 0 radical (unpaired) electrons. The molecule has 0 saturated heterocycles. The third kappa shape index (κ3) is 2.46. The lowest BCUT2D eigenvalue weighted by Gasteiger charge is -2.20. The summed E-state index contributed by atoms with van der Waals surface area (Å²) in [6.07, 6.45) is 8.03. The Labute approximate surface area is 98.2 Å². The lowest BCUT2D eigenvalue weighted by molar-refractivity contribution is 0.355. The first-order chi connectivity index (χ1) is 7.70. The number of nitrogens with zero attached hydrogens (tertiary/aromatic N) is 2. The Morgan fingerprint density at radius 3 is 2.94 bits per heavy atom. The molecule has 0 spiro atoms. The average molecular weight is 221 g/mol. The maximum atomic E-state index is 4.24. The summed E-state index contributed by atoms with van der Waals surface area (Å²) in [5, 5.41) is 7.83. The first-order valence-corrected chi connectivity index (χ1v) is 6.41. The largest absolute Gasteiger partial charge is 0.314 e. The highest BCUT2D eigenvalue weighted by Crippen LogP contribution is 2.34. The van der Waals surface area contributed by atoms with E-state index < -0.39 is 0 Å². The summed E-state index contributed by atoms with van der Waals surface area (Å²) < 4.78 is 1.90. The lowest BCUT2D eigenvalue weighted by Crippen LogP contribution is -2.32. The van der Waals surface area contributed by atoms with Crippen LogP contribution in [0, 0.1) is 11.8 Å². The highest BCUT2D eigenvalue weighted by Gasteiger charge is 2.32. The maximum Gasteiger partial charge on any atom is 0.0521 e. The van der Waals surface area contributed by atoms with E-state index in [1.165, 1.54) is 24.8 Å². The number of rotatable bonds is 4. The number of hydrogen-bond acceptors (Lipinski definition) is 2. The zero-order valence-electron chi connectivity index (χ0n) is 10.6. The fraction of sp³-hybridized carbons (Fsp3) is 0.769. The standard InChI is InChI=1S/C13H23N3/c1-4-14-13-6-5-12(10(13)2)7-11-8-15-16(3)9-11/h8-10,12-14H,4-7H2,1-3H3. The zero-order chi connectivity index (χ0) is 11.5. The van der Waals surface area contributed by atoms with Crippen LogP contribution in [0.3, 0.4) is 0 Å². The minimum Gasteiger partial charge on any atom is -0.314 e. The van der Waals surface area contributed by atoms with E-state index in [4.69, 9.17) is 0 Å². The molecule has 90 valence electrons. The Morgan fingerprint density at radius 2 is 2.31 bits per heavy atom. The smallest absolute Gasteiger partial charge is 0.0521 e. The summed E-state index contributed by atoms with van der Waals surface area (Å²) in [4.78, 5) is 0. The Morgan fingerprint density at radius 1 is 1.50 bits per heavy atom. The molecule has 3 unspecified atom stereocenters. The minimum atomic E-state index is 0.728. The fourth-order valence-electron chi connectivity index (χ4n) is 2.97. The summed E-state index contributed by atoms with van der Waals surface area (Å²) in [6, 6.07) is 0.728. The summed E-state index contributed by atoms with van der Waals surface area (Å²) in [5.74, 6) is 1.62. The minimum absolute atomic E-state index is 0.728. The van der Waals surface area contributed by atoms with Gasteiger partial charge in [-0.2, -0.15) is 5.10 Å². The Kier molecular flexibility index (Phi) is 3.64. The van der Waals surface area contributed by atoms with E-state index in [2.05, 4.69) is 30.5 Å². The molecule has 0 amide bonds. The molecule has 0 bridgehead atoms. The fourth-order valence-corrected chi connectivity index (χ4v) is 2.97. The van der Waals surface area contributed by atoms with Gasteiger partial charge in [0.25, 0.3) is 0 Å². The van der Waals surface area contributed by atoms with Gasteiger partial charge in [-0.3, -0.25) is 4.68 Å². The van der Waals surface area contributed by atoms with Crippen LogP contribution >= 0.6 is 0 Å². The van der Waals surface area contributed by atoms with Crippen LogP contribution in [-0.4, -0.2) is 22.4 Å². The van der Waals surface area contributed by atoms with Crippen molar-refractivity contribution >= 4 is 0 Å². The van der Waals surface area contributed by atoms with Gasteiger partial charge in [0.1, 0.15) is 0 Å². The normalized spacial score (nSPS) is 29.8. The van der Waals surface area contributed by atoms with Crippen LogP contribution in [0.25, 0.3) is 0 Å². The molecular weight excluding hydrogens is 198 g/mol. The third-order valence-electron chi connectivity index (χ3n) is 3.95. The topological polar surface area (TPSA) is 29.9 Å². The van der Waals surface area contributed by atoms with Gasteiger partial charge < -0.3 is 5.32 Å². The predicted octanol–water partition coefficient (Wildman–Crippen LogP) is 1.99. The van der Waals surface area contributed by atoms with Crippen LogP contribution in [-0.2, 0) is 13.5 Å². The second kappa shape index (κ2) is 5.00. The van der Waals surface area contributed by atoms with Gasteiger partial charge in [-0.25, -0.2) is 0 Å². The molecule has 1 saturated carbocycles. The summed E-state index contributed by atoms with van der Waals surface area (Å²) in [5.41, 5.74) is 1.39. The van der Waals surface area contributed by atoms with Gasteiger partial charge in [-0.1, -0.05) is 13.8 Å². The molecule has 0 aromatic carbocycles. The average Bonchev–Trinajstić information content (AvgIpc) is 2.80. The Hall–Kier alpha value is -0.830. The van der Waals surface area contributed by atoms with Crippen LogP contribution in [0.2, 0.25) is 0 Å². The summed E-state index contributed by atoms with van der Waals surface area (Å²) in [7, 11) is 1.99. The number of hydrogen-bond donors (Lipinski definition) is 1. The van der Waals surface area contributed by atoms with Crippen molar-refractivity contribution in [3.8, 4) is 0 Å². The highest BCUT2D eigenvalue weighted by atomic mass is 15.2. The van der Waals surface area contributed by atoms with Gasteiger partial charge >= 0.3 is 0 Å². The van der Waals surface area contributed by atoms with Crippen LogP contribution < -0.4 is 5.32 Å². The molecule has 0 aliphatic heterocycles. The van der Waals surface area contributed by atoms with Crippen LogP contribution in [0.15, 0.2) is 12.4 Å². The van der Waals surface area contributed by atoms with Gasteiger partial charge in [-0.15, -0.1) is 0 Å². The molecule has 1 aromatic rings. The molecule has 1 heterocycles. The van der Waals surface area contributed by atoms with Gasteiger partial charge in [0, 0.05) is 19.3 Å². The lowest BCUT2D eigenvalue weighted by atomic mass is 9.90. The molecule has 1 aliphatic rings. The van der Waals surface area contributed by atoms with E-state index in [0.29, 0.717) is 0 Å². The van der Waals surface area contributed by atoms with E-state index in [1.807, 2.05) is 17.9 Å². The Bertz CT molecular complexity index is 332.